The molecule has 0 aliphatic heterocycles. The Bertz CT molecular complexity index is 1870. The van der Waals surface area contributed by atoms with Crippen LogP contribution >= 0.6 is 31.7 Å². The Morgan fingerprint density at radius 3 is 0.877 bits per heavy atom. The maximum atomic E-state index is 4.74. The molecule has 4 atom stereocenters. The van der Waals surface area contributed by atoms with E-state index in [4.69, 9.17) is 9.97 Å². The van der Waals surface area contributed by atoms with E-state index >= 15 is 0 Å². The first-order valence-electron chi connectivity index (χ1n) is 23.2. The molecule has 2 aliphatic rings. The summed E-state index contributed by atoms with van der Waals surface area (Å²) in [7, 11) is -1.05. The minimum absolute atomic E-state index is 0. The third-order valence-electron chi connectivity index (χ3n) is 11.9. The molecule has 2 fully saturated rings. The van der Waals surface area contributed by atoms with Crippen molar-refractivity contribution in [2.75, 3.05) is 0 Å². The molecule has 7 rings (SSSR count). The van der Waals surface area contributed by atoms with Crippen LogP contribution in [0.4, 0.5) is 0 Å². The second-order valence-electron chi connectivity index (χ2n) is 21.0. The molecular weight excluding hydrogens is 908 g/mol. The molecule has 2 saturated carbocycles. The Morgan fingerprint density at radius 2 is 0.646 bits per heavy atom. The number of hydrogen-bond donors (Lipinski definition) is 0. The van der Waals surface area contributed by atoms with Crippen molar-refractivity contribution in [1.82, 2.24) is 19.9 Å². The molecule has 4 aromatic heterocycles. The summed E-state index contributed by atoms with van der Waals surface area (Å²) in [6, 6.07) is 34.5. The van der Waals surface area contributed by atoms with Gasteiger partial charge in [-0.2, -0.15) is 0 Å². The van der Waals surface area contributed by atoms with Crippen LogP contribution in [0.25, 0.3) is 0 Å². The molecule has 4 unspecified atom stereocenters. The number of hydrogen-bond acceptors (Lipinski definition) is 4. The quantitative estimate of drug-likeness (QED) is 0.0795. The minimum atomic E-state index is -0.416. The Morgan fingerprint density at radius 1 is 0.385 bits per heavy atom. The van der Waals surface area contributed by atoms with Crippen LogP contribution in [0, 0.1) is 14.9 Å². The SMILES string of the molecule is CC(C)(C)P(Cc1ccccc1CP(c1ccccn1)C(C)(C)C)c1ccccn1.CC(C)(C)P(c1ccccn1)C1CCCC1.CC(C)(C)P(c1ccccn1)C1CCCC1.[CH3-].[CH3-].[Fe+2]. The van der Waals surface area contributed by atoms with E-state index in [9.17, 15) is 0 Å². The predicted molar refractivity (Wildman–Crippen MR) is 293 cm³/mol. The summed E-state index contributed by atoms with van der Waals surface area (Å²) in [5.41, 5.74) is 9.97. The number of aromatic nitrogens is 4. The zero-order chi connectivity index (χ0) is 45.0. The van der Waals surface area contributed by atoms with Crippen LogP contribution < -0.4 is 21.7 Å². The van der Waals surface area contributed by atoms with Gasteiger partial charge in [0.2, 0.25) is 0 Å². The molecule has 65 heavy (non-hydrogen) atoms. The first kappa shape index (κ1) is 59.2. The summed E-state index contributed by atoms with van der Waals surface area (Å²) in [6.07, 6.45) is 21.3. The Labute approximate surface area is 414 Å². The summed E-state index contributed by atoms with van der Waals surface area (Å²) >= 11 is 0. The van der Waals surface area contributed by atoms with Crippen LogP contribution in [0.15, 0.2) is 122 Å². The Hall–Kier alpha value is -1.94. The van der Waals surface area contributed by atoms with Crippen LogP contribution in [-0.4, -0.2) is 51.9 Å². The van der Waals surface area contributed by atoms with E-state index in [1.54, 1.807) is 0 Å². The van der Waals surface area contributed by atoms with Gasteiger partial charge in [-0.05, 0) is 161 Å². The van der Waals surface area contributed by atoms with Gasteiger partial charge in [0.25, 0.3) is 0 Å². The van der Waals surface area contributed by atoms with Gasteiger partial charge in [0.1, 0.15) is 0 Å². The predicted octanol–water partition coefficient (Wildman–Crippen LogP) is 15.4. The molecule has 4 nitrogen and oxygen atoms in total. The van der Waals surface area contributed by atoms with Crippen molar-refractivity contribution in [3.63, 3.8) is 0 Å². The largest absolute Gasteiger partial charge is 2.00 e. The van der Waals surface area contributed by atoms with E-state index in [1.807, 2.05) is 49.1 Å². The van der Waals surface area contributed by atoms with Gasteiger partial charge in [-0.3, -0.25) is 19.9 Å². The van der Waals surface area contributed by atoms with Crippen molar-refractivity contribution in [3.05, 3.63) is 148 Å². The fourth-order valence-corrected chi connectivity index (χ4v) is 20.9. The molecule has 0 spiro atoms. The van der Waals surface area contributed by atoms with Gasteiger partial charge >= 0.3 is 17.1 Å². The normalized spacial score (nSPS) is 16.4. The molecule has 1 aromatic carbocycles. The molecule has 0 amide bonds. The van der Waals surface area contributed by atoms with Crippen LogP contribution in [0.5, 0.6) is 0 Å². The van der Waals surface area contributed by atoms with Gasteiger partial charge < -0.3 is 14.9 Å². The van der Waals surface area contributed by atoms with Gasteiger partial charge in [0.15, 0.2) is 0 Å². The van der Waals surface area contributed by atoms with Gasteiger partial charge in [0.05, 0.1) is 21.7 Å². The summed E-state index contributed by atoms with van der Waals surface area (Å²) in [4.78, 5) is 18.7. The average molecular weight is 993 g/mol. The smallest absolute Gasteiger partial charge is 0.358 e. The van der Waals surface area contributed by atoms with Crippen molar-refractivity contribution >= 4 is 53.4 Å². The van der Waals surface area contributed by atoms with Crippen molar-refractivity contribution in [2.24, 2.45) is 0 Å². The minimum Gasteiger partial charge on any atom is -0.358 e. The zero-order valence-corrected chi connectivity index (χ0v) is 47.4. The number of rotatable bonds is 10. The summed E-state index contributed by atoms with van der Waals surface area (Å²) in [5.74, 6) is 0. The van der Waals surface area contributed by atoms with Gasteiger partial charge in [-0.15, -0.1) is 0 Å². The zero-order valence-electron chi connectivity index (χ0n) is 42.7. The second-order valence-corrected chi connectivity index (χ2v) is 33.5. The fraction of sp³-hybridized carbons (Fsp3) is 0.500. The Balaban J connectivity index is 0.000000354. The van der Waals surface area contributed by atoms with Gasteiger partial charge in [-0.1, -0.05) is 157 Å². The molecule has 0 radical (unpaired) electrons. The van der Waals surface area contributed by atoms with E-state index in [0.29, 0.717) is 10.3 Å². The molecular formula is C56H84FeN4P4. The summed E-state index contributed by atoms with van der Waals surface area (Å²) in [6.45, 7) is 28.4. The van der Waals surface area contributed by atoms with E-state index in [-0.39, 0.29) is 58.1 Å². The van der Waals surface area contributed by atoms with E-state index < -0.39 is 15.8 Å². The van der Waals surface area contributed by atoms with Crippen LogP contribution in [0.2, 0.25) is 0 Å². The molecule has 356 valence electrons. The van der Waals surface area contributed by atoms with Crippen molar-refractivity contribution < 1.29 is 17.1 Å². The Kier molecular flexibility index (Phi) is 24.9. The number of benzene rings is 1. The maximum absolute atomic E-state index is 4.74. The van der Waals surface area contributed by atoms with Crippen molar-refractivity contribution in [2.45, 2.75) is 179 Å². The fourth-order valence-electron chi connectivity index (χ4n) is 9.03. The molecule has 0 saturated heterocycles. The second kappa shape index (κ2) is 27.3. The third kappa shape index (κ3) is 18.1. The van der Waals surface area contributed by atoms with Crippen molar-refractivity contribution in [1.29, 1.82) is 0 Å². The first-order chi connectivity index (χ1) is 29.3. The monoisotopic (exact) mass is 992 g/mol. The molecule has 5 aromatic rings. The summed E-state index contributed by atoms with van der Waals surface area (Å²) in [5, 5.41) is 1.18. The standard InChI is InChI=1S/C26H34N2P2.2C14H22NP.2CH3.Fe/c1-25(2,3)29(23-15-9-11-17-27-23)19-21-13-7-8-14-22(21)20-30(26(4,5)6)24-16-10-12-18-28-24;2*1-14(2,3)16(12-8-4-5-9-12)13-10-6-7-11-15-13;;;/h7-18H,19-20H2,1-6H3;2*6-7,10-12H,4-5,8-9H2,1-3H3;2*1H3;/q;;;2*-1;+2. The van der Waals surface area contributed by atoms with Crippen LogP contribution in [0.1, 0.15) is 146 Å². The van der Waals surface area contributed by atoms with E-state index in [1.165, 1.54) is 84.2 Å². The molecule has 9 heteroatoms. The molecule has 4 heterocycles. The van der Waals surface area contributed by atoms with Crippen LogP contribution in [0.3, 0.4) is 0 Å². The van der Waals surface area contributed by atoms with Crippen molar-refractivity contribution in [3.8, 4) is 0 Å². The molecule has 0 bridgehead atoms. The third-order valence-corrected chi connectivity index (χ3v) is 25.0. The number of pyridine rings is 4. The van der Waals surface area contributed by atoms with Gasteiger partial charge in [-0.25, -0.2) is 0 Å². The van der Waals surface area contributed by atoms with E-state index in [0.717, 1.165) is 23.6 Å². The molecule has 2 aliphatic carbocycles. The molecule has 0 N–H and O–H groups in total. The average Bonchev–Trinajstić information content (AvgIpc) is 3.96. The summed E-state index contributed by atoms with van der Waals surface area (Å²) < 4.78 is 0. The number of nitrogens with zero attached hydrogens (tertiary/aromatic N) is 4. The topological polar surface area (TPSA) is 51.6 Å². The van der Waals surface area contributed by atoms with E-state index in [2.05, 4.69) is 166 Å². The van der Waals surface area contributed by atoms with Gasteiger partial charge in [0, 0.05) is 24.8 Å². The first-order valence-corrected chi connectivity index (χ1v) is 29.1. The van der Waals surface area contributed by atoms with Crippen LogP contribution in [-0.2, 0) is 29.4 Å². The maximum Gasteiger partial charge on any atom is 2.00 e.